The predicted molar refractivity (Wildman–Crippen MR) is 98.0 cm³/mol. The van der Waals surface area contributed by atoms with Crippen LogP contribution in [0.15, 0.2) is 52.6 Å². The molecule has 0 radical (unpaired) electrons. The maximum atomic E-state index is 12.9. The van der Waals surface area contributed by atoms with Gasteiger partial charge < -0.3 is 0 Å². The average Bonchev–Trinajstić information content (AvgIpc) is 3.33. The van der Waals surface area contributed by atoms with Gasteiger partial charge in [-0.3, -0.25) is 14.4 Å². The summed E-state index contributed by atoms with van der Waals surface area (Å²) in [6, 6.07) is 12.3. The van der Waals surface area contributed by atoms with E-state index in [1.54, 1.807) is 36.4 Å². The van der Waals surface area contributed by atoms with Gasteiger partial charge in [0.15, 0.2) is 11.4 Å². The highest BCUT2D eigenvalue weighted by Gasteiger charge is 2.41. The lowest BCUT2D eigenvalue weighted by molar-refractivity contribution is 0.0924. The van der Waals surface area contributed by atoms with Crippen molar-refractivity contribution in [2.45, 2.75) is 0 Å². The number of carbonyl (C=O) groups is 2. The van der Waals surface area contributed by atoms with Gasteiger partial charge in [0.1, 0.15) is 4.88 Å². The fourth-order valence-electron chi connectivity index (χ4n) is 2.83. The van der Waals surface area contributed by atoms with E-state index in [0.29, 0.717) is 10.6 Å². The Kier molecular flexibility index (Phi) is 3.15. The standard InChI is InChI=1S/C17H8N4O3S2/c22-14-11(10-7-4-8-25-10)19-21-12-13(26-17(21)18-14)16(24)20(15(12)23)9-5-2-1-3-6-9/h1-8H. The van der Waals surface area contributed by atoms with Crippen LogP contribution in [0.2, 0.25) is 0 Å². The van der Waals surface area contributed by atoms with Gasteiger partial charge in [-0.1, -0.05) is 35.6 Å². The first-order valence-corrected chi connectivity index (χ1v) is 9.26. The number of hydrogen-bond donors (Lipinski definition) is 0. The van der Waals surface area contributed by atoms with E-state index in [1.165, 1.54) is 15.9 Å². The molecule has 1 aliphatic heterocycles. The second-order valence-corrected chi connectivity index (χ2v) is 7.42. The molecule has 9 heteroatoms. The Labute approximate surface area is 153 Å². The quantitative estimate of drug-likeness (QED) is 0.499. The number of hydrogen-bond acceptors (Lipinski definition) is 7. The van der Waals surface area contributed by atoms with Crippen LogP contribution < -0.4 is 10.5 Å². The first kappa shape index (κ1) is 15.1. The van der Waals surface area contributed by atoms with Crippen LogP contribution in [0.4, 0.5) is 5.69 Å². The van der Waals surface area contributed by atoms with Crippen LogP contribution in [0.1, 0.15) is 20.2 Å². The van der Waals surface area contributed by atoms with Crippen molar-refractivity contribution in [1.82, 2.24) is 14.6 Å². The van der Waals surface area contributed by atoms with Gasteiger partial charge in [0, 0.05) is 0 Å². The molecule has 0 fully saturated rings. The summed E-state index contributed by atoms with van der Waals surface area (Å²) in [7, 11) is 0. The Balaban J connectivity index is 1.73. The lowest BCUT2D eigenvalue weighted by Gasteiger charge is -2.13. The Morgan fingerprint density at radius 2 is 1.73 bits per heavy atom. The Morgan fingerprint density at radius 1 is 0.923 bits per heavy atom. The smallest absolute Gasteiger partial charge is 0.267 e. The molecule has 0 aliphatic carbocycles. The molecule has 3 aromatic heterocycles. The number of rotatable bonds is 2. The van der Waals surface area contributed by atoms with E-state index in [-0.39, 0.29) is 21.2 Å². The summed E-state index contributed by atoms with van der Waals surface area (Å²) in [6.07, 6.45) is 0. The monoisotopic (exact) mass is 380 g/mol. The Morgan fingerprint density at radius 3 is 2.46 bits per heavy atom. The third-order valence-electron chi connectivity index (χ3n) is 3.97. The van der Waals surface area contributed by atoms with E-state index < -0.39 is 17.4 Å². The van der Waals surface area contributed by atoms with E-state index >= 15 is 0 Å². The van der Waals surface area contributed by atoms with Gasteiger partial charge in [0.05, 0.1) is 10.6 Å². The van der Waals surface area contributed by atoms with Crippen LogP contribution in [0, 0.1) is 0 Å². The van der Waals surface area contributed by atoms with Crippen molar-refractivity contribution in [1.29, 1.82) is 0 Å². The molecular weight excluding hydrogens is 372 g/mol. The van der Waals surface area contributed by atoms with E-state index in [2.05, 4.69) is 10.1 Å². The third-order valence-corrected chi connectivity index (χ3v) is 5.87. The number of benzene rings is 1. The number of carbonyl (C=O) groups excluding carboxylic acids is 2. The summed E-state index contributed by atoms with van der Waals surface area (Å²) >= 11 is 2.36. The molecule has 0 unspecified atom stereocenters. The van der Waals surface area contributed by atoms with Gasteiger partial charge in [0.25, 0.3) is 11.8 Å². The summed E-state index contributed by atoms with van der Waals surface area (Å²) in [4.78, 5) is 44.2. The minimum absolute atomic E-state index is 0.143. The molecule has 5 rings (SSSR count). The number of nitrogens with zero attached hydrogens (tertiary/aromatic N) is 4. The van der Waals surface area contributed by atoms with Crippen LogP contribution in [-0.2, 0) is 0 Å². The van der Waals surface area contributed by atoms with Gasteiger partial charge in [0.2, 0.25) is 4.96 Å². The van der Waals surface area contributed by atoms with Crippen molar-refractivity contribution in [3.8, 4) is 10.6 Å². The average molecular weight is 380 g/mol. The number of imide groups is 1. The molecular formula is C17H8N4O3S2. The van der Waals surface area contributed by atoms with Gasteiger partial charge in [-0.15, -0.1) is 11.3 Å². The zero-order valence-corrected chi connectivity index (χ0v) is 14.6. The first-order chi connectivity index (χ1) is 12.6. The van der Waals surface area contributed by atoms with Crippen molar-refractivity contribution < 1.29 is 9.59 Å². The number of para-hydroxylation sites is 1. The van der Waals surface area contributed by atoms with Crippen LogP contribution in [0.5, 0.6) is 0 Å². The highest BCUT2D eigenvalue weighted by atomic mass is 32.1. The van der Waals surface area contributed by atoms with Crippen molar-refractivity contribution in [3.05, 3.63) is 68.8 Å². The summed E-state index contributed by atoms with van der Waals surface area (Å²) in [6.45, 7) is 0. The summed E-state index contributed by atoms with van der Waals surface area (Å²) in [5, 5.41) is 6.15. The van der Waals surface area contributed by atoms with Gasteiger partial charge in [-0.25, -0.2) is 4.90 Å². The predicted octanol–water partition coefficient (Wildman–Crippen LogP) is 2.68. The van der Waals surface area contributed by atoms with Crippen molar-refractivity contribution in [2.24, 2.45) is 0 Å². The highest BCUT2D eigenvalue weighted by Crippen LogP contribution is 2.33. The lowest BCUT2D eigenvalue weighted by atomic mass is 10.3. The Hall–Kier alpha value is -3.17. The van der Waals surface area contributed by atoms with E-state index in [0.717, 1.165) is 16.2 Å². The molecule has 7 nitrogen and oxygen atoms in total. The fraction of sp³-hybridized carbons (Fsp3) is 0. The number of anilines is 1. The molecule has 0 saturated carbocycles. The molecule has 0 saturated heterocycles. The topological polar surface area (TPSA) is 84.6 Å². The molecule has 4 aromatic rings. The van der Waals surface area contributed by atoms with E-state index in [9.17, 15) is 14.4 Å². The van der Waals surface area contributed by atoms with Crippen molar-refractivity contribution >= 4 is 45.1 Å². The molecule has 26 heavy (non-hydrogen) atoms. The second-order valence-electron chi connectivity index (χ2n) is 5.50. The third kappa shape index (κ3) is 2.01. The van der Waals surface area contributed by atoms with Crippen molar-refractivity contribution in [2.75, 3.05) is 4.90 Å². The van der Waals surface area contributed by atoms with Crippen LogP contribution in [0.25, 0.3) is 15.5 Å². The normalized spacial score (nSPS) is 13.6. The van der Waals surface area contributed by atoms with Crippen LogP contribution in [-0.4, -0.2) is 26.4 Å². The molecule has 126 valence electrons. The highest BCUT2D eigenvalue weighted by molar-refractivity contribution is 7.19. The Bertz CT molecular complexity index is 1240. The number of aromatic nitrogens is 3. The number of amides is 2. The number of thiazole rings is 1. The maximum absolute atomic E-state index is 12.9. The zero-order valence-electron chi connectivity index (χ0n) is 12.9. The molecule has 0 atom stereocenters. The summed E-state index contributed by atoms with van der Waals surface area (Å²) in [5.41, 5.74) is 0.319. The van der Waals surface area contributed by atoms with Crippen LogP contribution in [0.3, 0.4) is 0 Å². The summed E-state index contributed by atoms with van der Waals surface area (Å²) < 4.78 is 1.31. The largest absolute Gasteiger partial charge is 0.301 e. The number of thiophene rings is 1. The molecule has 0 N–H and O–H groups in total. The SMILES string of the molecule is O=C1c2sc3nc(=O)c(-c4cccs4)nn3c2C(=O)N1c1ccccc1. The fourth-order valence-corrected chi connectivity index (χ4v) is 4.51. The molecule has 0 bridgehead atoms. The minimum Gasteiger partial charge on any atom is -0.267 e. The van der Waals surface area contributed by atoms with Crippen LogP contribution >= 0.6 is 22.7 Å². The molecule has 1 aromatic carbocycles. The van der Waals surface area contributed by atoms with Gasteiger partial charge in [-0.2, -0.15) is 14.6 Å². The summed E-state index contributed by atoms with van der Waals surface area (Å²) in [5.74, 6) is -0.906. The maximum Gasteiger partial charge on any atom is 0.301 e. The number of fused-ring (bicyclic) bond motifs is 3. The van der Waals surface area contributed by atoms with Gasteiger partial charge in [-0.05, 0) is 23.6 Å². The van der Waals surface area contributed by atoms with E-state index in [4.69, 9.17) is 0 Å². The lowest BCUT2D eigenvalue weighted by Crippen LogP contribution is -2.30. The molecule has 2 amide bonds. The molecule has 4 heterocycles. The van der Waals surface area contributed by atoms with Gasteiger partial charge >= 0.3 is 5.56 Å². The minimum atomic E-state index is -0.479. The molecule has 0 spiro atoms. The zero-order chi connectivity index (χ0) is 17.8. The van der Waals surface area contributed by atoms with E-state index in [1.807, 2.05) is 11.4 Å². The second kappa shape index (κ2) is 5.41. The van der Waals surface area contributed by atoms with Crippen molar-refractivity contribution in [3.63, 3.8) is 0 Å². The first-order valence-electron chi connectivity index (χ1n) is 7.57. The molecule has 1 aliphatic rings.